The van der Waals surface area contributed by atoms with Crippen molar-refractivity contribution in [3.05, 3.63) is 90.1 Å². The van der Waals surface area contributed by atoms with E-state index in [1.807, 2.05) is 60.7 Å². The first-order valence-corrected chi connectivity index (χ1v) is 12.5. The van der Waals surface area contributed by atoms with E-state index >= 15 is 0 Å². The second-order valence-electron chi connectivity index (χ2n) is 8.72. The number of aromatic nitrogens is 6. The minimum atomic E-state index is -0.187. The Morgan fingerprint density at radius 3 is 1.65 bits per heavy atom. The van der Waals surface area contributed by atoms with E-state index in [2.05, 4.69) is 30.8 Å². The SMILES string of the molecule is CC(=O)Nc1cc2nc(-c3ccccc3)cc(Cl)n2n1.CC(=O)Nc1cc2nc(-c3ccccc3)cc(N)n2n1. The number of carbonyl (C=O) groups excluding carboxylic acids is 2. The van der Waals surface area contributed by atoms with E-state index < -0.39 is 0 Å². The number of carbonyl (C=O) groups is 2. The number of halogens is 1. The molecule has 40 heavy (non-hydrogen) atoms. The first-order chi connectivity index (χ1) is 19.3. The zero-order valence-corrected chi connectivity index (χ0v) is 22.3. The summed E-state index contributed by atoms with van der Waals surface area (Å²) in [7, 11) is 0. The van der Waals surface area contributed by atoms with Crippen molar-refractivity contribution in [3.8, 4) is 22.5 Å². The molecule has 4 aromatic heterocycles. The zero-order chi connectivity index (χ0) is 28.2. The van der Waals surface area contributed by atoms with Crippen molar-refractivity contribution in [1.29, 1.82) is 0 Å². The van der Waals surface area contributed by atoms with Crippen molar-refractivity contribution in [2.24, 2.45) is 0 Å². The average Bonchev–Trinajstić information content (AvgIpc) is 3.53. The van der Waals surface area contributed by atoms with Crippen molar-refractivity contribution >= 4 is 52.2 Å². The van der Waals surface area contributed by atoms with Gasteiger partial charge in [0.05, 0.1) is 11.4 Å². The predicted octanol–water partition coefficient (Wildman–Crippen LogP) is 4.95. The van der Waals surface area contributed by atoms with E-state index in [1.165, 1.54) is 22.9 Å². The second-order valence-corrected chi connectivity index (χ2v) is 9.11. The van der Waals surface area contributed by atoms with Gasteiger partial charge in [-0.25, -0.2) is 14.5 Å². The molecule has 6 aromatic rings. The number of benzene rings is 2. The standard InChI is InChI=1S/C14H11ClN4O.C14H13N5O/c2*1-9(20)16-13-8-14-17-11(7-12(15)19(14)18-13)10-5-3-2-4-6-10/h2-8H,1H3,(H,16,18,20);2-8H,15H2,1H3,(H,16,18,20). The van der Waals surface area contributed by atoms with E-state index in [1.54, 1.807) is 24.3 Å². The highest BCUT2D eigenvalue weighted by molar-refractivity contribution is 6.30. The van der Waals surface area contributed by atoms with E-state index in [-0.39, 0.29) is 11.8 Å². The molecular formula is C28H24ClN9O2. The molecule has 0 saturated heterocycles. The Bertz CT molecular complexity index is 1700. The van der Waals surface area contributed by atoms with Gasteiger partial charge in [-0.2, -0.15) is 4.52 Å². The minimum absolute atomic E-state index is 0.185. The number of hydrogen-bond acceptors (Lipinski definition) is 7. The van der Waals surface area contributed by atoms with Crippen LogP contribution in [0.5, 0.6) is 0 Å². The number of fused-ring (bicyclic) bond motifs is 2. The number of nitrogens with two attached hydrogens (primary N) is 1. The highest BCUT2D eigenvalue weighted by Gasteiger charge is 2.11. The summed E-state index contributed by atoms with van der Waals surface area (Å²) in [6.07, 6.45) is 0. The largest absolute Gasteiger partial charge is 0.384 e. The van der Waals surface area contributed by atoms with Gasteiger partial charge < -0.3 is 16.4 Å². The Hall–Kier alpha value is -5.29. The van der Waals surface area contributed by atoms with E-state index in [9.17, 15) is 9.59 Å². The fourth-order valence-electron chi connectivity index (χ4n) is 3.93. The summed E-state index contributed by atoms with van der Waals surface area (Å²) < 4.78 is 2.98. The Labute approximate surface area is 233 Å². The molecule has 0 spiro atoms. The summed E-state index contributed by atoms with van der Waals surface area (Å²) in [5.41, 5.74) is 10.6. The summed E-state index contributed by atoms with van der Waals surface area (Å²) in [6.45, 7) is 2.85. The van der Waals surface area contributed by atoms with Gasteiger partial charge in [0, 0.05) is 49.2 Å². The zero-order valence-electron chi connectivity index (χ0n) is 21.5. The van der Waals surface area contributed by atoms with Gasteiger partial charge in [-0.05, 0) is 0 Å². The van der Waals surface area contributed by atoms with Gasteiger partial charge in [0.25, 0.3) is 0 Å². The first-order valence-electron chi connectivity index (χ1n) is 12.2. The molecule has 0 aliphatic heterocycles. The van der Waals surface area contributed by atoms with Gasteiger partial charge >= 0.3 is 0 Å². The number of nitrogens with one attached hydrogen (secondary N) is 2. The number of hydrogen-bond donors (Lipinski definition) is 3. The Kier molecular flexibility index (Phi) is 7.38. The molecule has 4 N–H and O–H groups in total. The smallest absolute Gasteiger partial charge is 0.222 e. The summed E-state index contributed by atoms with van der Waals surface area (Å²) >= 11 is 6.21. The van der Waals surface area contributed by atoms with Crippen molar-refractivity contribution in [1.82, 2.24) is 29.2 Å². The Balaban J connectivity index is 0.000000161. The number of rotatable bonds is 4. The predicted molar refractivity (Wildman–Crippen MR) is 155 cm³/mol. The molecule has 4 heterocycles. The summed E-state index contributed by atoms with van der Waals surface area (Å²) in [4.78, 5) is 31.1. The third-order valence-corrected chi connectivity index (χ3v) is 5.85. The molecule has 11 nitrogen and oxygen atoms in total. The topological polar surface area (TPSA) is 145 Å². The monoisotopic (exact) mass is 553 g/mol. The number of amides is 2. The molecule has 0 aliphatic carbocycles. The van der Waals surface area contributed by atoms with Crippen LogP contribution < -0.4 is 16.4 Å². The van der Waals surface area contributed by atoms with Crippen LogP contribution in [-0.4, -0.2) is 41.0 Å². The van der Waals surface area contributed by atoms with Crippen LogP contribution in [-0.2, 0) is 9.59 Å². The first kappa shape index (κ1) is 26.3. The van der Waals surface area contributed by atoms with Gasteiger partial charge in [0.1, 0.15) is 11.0 Å². The molecule has 12 heteroatoms. The van der Waals surface area contributed by atoms with Crippen LogP contribution >= 0.6 is 11.6 Å². The average molecular weight is 554 g/mol. The van der Waals surface area contributed by atoms with Crippen molar-refractivity contribution in [2.45, 2.75) is 13.8 Å². The molecule has 0 atom stereocenters. The number of nitrogen functional groups attached to an aromatic ring is 1. The Morgan fingerprint density at radius 2 is 1.15 bits per heavy atom. The maximum absolute atomic E-state index is 11.1. The van der Waals surface area contributed by atoms with Crippen LogP contribution in [0.4, 0.5) is 17.5 Å². The molecule has 200 valence electrons. The molecule has 0 aliphatic rings. The highest BCUT2D eigenvalue weighted by Crippen LogP contribution is 2.24. The third kappa shape index (κ3) is 5.89. The molecular weight excluding hydrogens is 530 g/mol. The molecule has 0 unspecified atom stereocenters. The normalized spacial score (nSPS) is 10.7. The number of nitrogens with zero attached hydrogens (tertiary/aromatic N) is 6. The lowest BCUT2D eigenvalue weighted by molar-refractivity contribution is -0.115. The molecule has 0 fully saturated rings. The second kappa shape index (κ2) is 11.2. The fraction of sp³-hybridized carbons (Fsp3) is 0.0714. The number of anilines is 3. The lowest BCUT2D eigenvalue weighted by Crippen LogP contribution is -2.06. The molecule has 0 saturated carbocycles. The van der Waals surface area contributed by atoms with Gasteiger partial charge in [0.2, 0.25) is 11.8 Å². The highest BCUT2D eigenvalue weighted by atomic mass is 35.5. The maximum atomic E-state index is 11.1. The van der Waals surface area contributed by atoms with Gasteiger partial charge in [-0.1, -0.05) is 72.3 Å². The van der Waals surface area contributed by atoms with Gasteiger partial charge in [-0.3, -0.25) is 9.59 Å². The molecule has 2 amide bonds. The van der Waals surface area contributed by atoms with Crippen LogP contribution in [0.1, 0.15) is 13.8 Å². The molecule has 0 radical (unpaired) electrons. The molecule has 2 aromatic carbocycles. The molecule has 0 bridgehead atoms. The van der Waals surface area contributed by atoms with E-state index in [0.717, 1.165) is 22.5 Å². The van der Waals surface area contributed by atoms with Crippen LogP contribution in [0.2, 0.25) is 5.15 Å². The summed E-state index contributed by atoms with van der Waals surface area (Å²) in [6, 6.07) is 26.4. The van der Waals surface area contributed by atoms with Crippen LogP contribution in [0.3, 0.4) is 0 Å². The van der Waals surface area contributed by atoms with E-state index in [4.69, 9.17) is 17.3 Å². The fourth-order valence-corrected chi connectivity index (χ4v) is 4.16. The maximum Gasteiger partial charge on any atom is 0.222 e. The summed E-state index contributed by atoms with van der Waals surface area (Å²) in [5.74, 6) is 0.951. The van der Waals surface area contributed by atoms with Gasteiger partial charge in [-0.15, -0.1) is 10.2 Å². The third-order valence-electron chi connectivity index (χ3n) is 5.59. The van der Waals surface area contributed by atoms with Crippen molar-refractivity contribution < 1.29 is 9.59 Å². The Morgan fingerprint density at radius 1 is 0.700 bits per heavy atom. The quantitative estimate of drug-likeness (QED) is 0.262. The lowest BCUT2D eigenvalue weighted by atomic mass is 10.1. The van der Waals surface area contributed by atoms with Crippen LogP contribution in [0.15, 0.2) is 84.9 Å². The van der Waals surface area contributed by atoms with E-state index in [0.29, 0.717) is 33.9 Å². The summed E-state index contributed by atoms with van der Waals surface area (Å²) in [5, 5.41) is 14.0. The van der Waals surface area contributed by atoms with Crippen molar-refractivity contribution in [3.63, 3.8) is 0 Å². The van der Waals surface area contributed by atoms with Gasteiger partial charge in [0.15, 0.2) is 22.9 Å². The van der Waals surface area contributed by atoms with Crippen molar-refractivity contribution in [2.75, 3.05) is 16.4 Å². The minimum Gasteiger partial charge on any atom is -0.384 e. The molecule has 6 rings (SSSR count). The van der Waals surface area contributed by atoms with Crippen LogP contribution in [0, 0.1) is 0 Å². The van der Waals surface area contributed by atoms with Crippen LogP contribution in [0.25, 0.3) is 33.8 Å². The lowest BCUT2D eigenvalue weighted by Gasteiger charge is -2.03.